The van der Waals surface area contributed by atoms with Crippen LogP contribution in [0.3, 0.4) is 0 Å². The van der Waals surface area contributed by atoms with Gasteiger partial charge in [0, 0.05) is 0 Å². The number of halogens is 2. The molecular formula is C23H24Cl2Zr. The average molecular weight is 463 g/mol. The Morgan fingerprint density at radius 1 is 0.731 bits per heavy atom. The molecule has 0 saturated heterocycles. The molecule has 2 aliphatic rings. The number of rotatable bonds is 2. The van der Waals surface area contributed by atoms with Gasteiger partial charge in [0.05, 0.1) is 0 Å². The second kappa shape index (κ2) is 6.20. The van der Waals surface area contributed by atoms with E-state index < -0.39 is 17.9 Å². The monoisotopic (exact) mass is 460 g/mol. The number of hydrogen-bond donors (Lipinski definition) is 0. The Morgan fingerprint density at radius 3 is 1.54 bits per heavy atom. The van der Waals surface area contributed by atoms with Crippen LogP contribution in [0.5, 0.6) is 0 Å². The zero-order valence-corrected chi connectivity index (χ0v) is 19.9. The van der Waals surface area contributed by atoms with Crippen LogP contribution < -0.4 is 0 Å². The van der Waals surface area contributed by atoms with E-state index in [9.17, 15) is 0 Å². The maximum atomic E-state index is 7.57. The molecule has 4 rings (SSSR count). The number of fused-ring (bicyclic) bond motifs is 3. The van der Waals surface area contributed by atoms with Crippen LogP contribution in [0.1, 0.15) is 49.4 Å². The van der Waals surface area contributed by atoms with Crippen molar-refractivity contribution in [2.45, 2.75) is 41.4 Å². The first kappa shape index (κ1) is 18.7. The Balaban J connectivity index is 1.99. The minimum absolute atomic E-state index is 0.147. The van der Waals surface area contributed by atoms with Crippen LogP contribution in [-0.2, 0) is 17.9 Å². The Labute approximate surface area is 168 Å². The first-order valence-electron chi connectivity index (χ1n) is 9.15. The van der Waals surface area contributed by atoms with Gasteiger partial charge in [-0.25, -0.2) is 0 Å². The predicted octanol–water partition coefficient (Wildman–Crippen LogP) is 8.08. The summed E-state index contributed by atoms with van der Waals surface area (Å²) < 4.78 is -0.0464. The fraction of sp³-hybridized carbons (Fsp3) is 0.304. The van der Waals surface area contributed by atoms with Crippen LogP contribution in [0.2, 0.25) is 3.12 Å². The third-order valence-corrected chi connectivity index (χ3v) is 22.5. The molecule has 26 heavy (non-hydrogen) atoms. The third-order valence-electron chi connectivity index (χ3n) is 7.05. The van der Waals surface area contributed by atoms with Crippen molar-refractivity contribution in [1.82, 2.24) is 0 Å². The van der Waals surface area contributed by atoms with Crippen LogP contribution >= 0.6 is 17.0 Å². The molecule has 2 aliphatic carbocycles. The van der Waals surface area contributed by atoms with Gasteiger partial charge in [0.25, 0.3) is 0 Å². The molecule has 0 aliphatic heterocycles. The van der Waals surface area contributed by atoms with Crippen molar-refractivity contribution in [3.63, 3.8) is 0 Å². The van der Waals surface area contributed by atoms with E-state index in [2.05, 4.69) is 83.1 Å². The van der Waals surface area contributed by atoms with Crippen LogP contribution in [0.25, 0.3) is 11.1 Å². The van der Waals surface area contributed by atoms with E-state index in [1.807, 2.05) is 0 Å². The number of allylic oxidation sites excluding steroid dienone is 4. The van der Waals surface area contributed by atoms with Gasteiger partial charge in [0.2, 0.25) is 0 Å². The molecule has 0 unspecified atom stereocenters. The molecule has 0 nitrogen and oxygen atoms in total. The standard InChI is InChI=1S/C13H9.C10H15.2ClH.Zr/c1-3-7-12-10(5-1)9-11-6-2-4-8-13(11)12;1-6-7(2)9(4)10(5)8(6)3;;;/h1-9H;1-5H3;2*1H;/q;;;;+2/p-2. The Kier molecular flexibility index (Phi) is 4.46. The van der Waals surface area contributed by atoms with Crippen LogP contribution in [0.15, 0.2) is 70.8 Å². The first-order valence-corrected chi connectivity index (χ1v) is 18.1. The summed E-state index contributed by atoms with van der Waals surface area (Å²) in [5.41, 5.74) is 10.7. The molecule has 0 radical (unpaired) electrons. The van der Waals surface area contributed by atoms with Crippen molar-refractivity contribution in [3.05, 3.63) is 82.0 Å². The topological polar surface area (TPSA) is 0 Å². The SMILES string of the molecule is CC1=C(C)[C](C)([Zr]([Cl])([Cl])[CH]2c3ccccc3-c3ccccc32)C(C)=C1C. The van der Waals surface area contributed by atoms with Gasteiger partial charge in [-0.3, -0.25) is 0 Å². The quantitative estimate of drug-likeness (QED) is 0.423. The van der Waals surface area contributed by atoms with Crippen molar-refractivity contribution in [1.29, 1.82) is 0 Å². The molecule has 0 amide bonds. The van der Waals surface area contributed by atoms with Crippen molar-refractivity contribution in [2.24, 2.45) is 0 Å². The van der Waals surface area contributed by atoms with E-state index in [4.69, 9.17) is 17.0 Å². The summed E-state index contributed by atoms with van der Waals surface area (Å²) in [6, 6.07) is 17.3. The molecule has 0 fully saturated rings. The van der Waals surface area contributed by atoms with Gasteiger partial charge in [-0.15, -0.1) is 0 Å². The molecule has 0 N–H and O–H groups in total. The minimum atomic E-state index is -3.80. The second-order valence-electron chi connectivity index (χ2n) is 7.86. The van der Waals surface area contributed by atoms with E-state index in [0.29, 0.717) is 0 Å². The Bertz CT molecular complexity index is 912. The molecule has 0 heterocycles. The van der Waals surface area contributed by atoms with E-state index in [1.54, 1.807) is 0 Å². The second-order valence-corrected chi connectivity index (χ2v) is 23.0. The Hall–Kier alpha value is -0.617. The molecule has 0 atom stereocenters. The van der Waals surface area contributed by atoms with E-state index >= 15 is 0 Å². The van der Waals surface area contributed by atoms with Gasteiger partial charge >= 0.3 is 169 Å². The summed E-state index contributed by atoms with van der Waals surface area (Å²) in [6.07, 6.45) is 0. The van der Waals surface area contributed by atoms with Gasteiger partial charge in [-0.2, -0.15) is 0 Å². The maximum absolute atomic E-state index is 7.57. The van der Waals surface area contributed by atoms with Gasteiger partial charge in [0.15, 0.2) is 0 Å². The summed E-state index contributed by atoms with van der Waals surface area (Å²) in [4.78, 5) is 0. The van der Waals surface area contributed by atoms with Gasteiger partial charge in [-0.05, 0) is 0 Å². The molecule has 0 aromatic heterocycles. The Morgan fingerprint density at radius 2 is 1.12 bits per heavy atom. The van der Waals surface area contributed by atoms with E-state index in [-0.39, 0.29) is 6.75 Å². The van der Waals surface area contributed by atoms with Crippen molar-refractivity contribution >= 4 is 17.0 Å². The van der Waals surface area contributed by atoms with Crippen LogP contribution in [0, 0.1) is 0 Å². The van der Waals surface area contributed by atoms with Gasteiger partial charge in [0.1, 0.15) is 0 Å². The van der Waals surface area contributed by atoms with E-state index in [0.717, 1.165) is 0 Å². The molecule has 134 valence electrons. The summed E-state index contributed by atoms with van der Waals surface area (Å²) in [7, 11) is 15.1. The molecule has 3 heteroatoms. The third kappa shape index (κ3) is 2.24. The summed E-state index contributed by atoms with van der Waals surface area (Å²) >= 11 is -3.80. The molecule has 0 spiro atoms. The molecular weight excluding hydrogens is 438 g/mol. The van der Waals surface area contributed by atoms with Gasteiger partial charge < -0.3 is 0 Å². The van der Waals surface area contributed by atoms with Crippen molar-refractivity contribution in [2.75, 3.05) is 0 Å². The van der Waals surface area contributed by atoms with Crippen LogP contribution in [-0.4, -0.2) is 0 Å². The summed E-state index contributed by atoms with van der Waals surface area (Å²) in [6.45, 7) is 11.2. The molecule has 0 bridgehead atoms. The predicted molar refractivity (Wildman–Crippen MR) is 111 cm³/mol. The average Bonchev–Trinajstić information content (AvgIpc) is 3.06. The molecule has 2 aromatic carbocycles. The summed E-state index contributed by atoms with van der Waals surface area (Å²) in [5.74, 6) is 0. The molecule has 2 aromatic rings. The summed E-state index contributed by atoms with van der Waals surface area (Å²) in [5, 5.41) is 0. The molecule has 0 saturated carbocycles. The van der Waals surface area contributed by atoms with Gasteiger partial charge in [-0.1, -0.05) is 0 Å². The van der Waals surface area contributed by atoms with Crippen molar-refractivity contribution < 1.29 is 17.9 Å². The zero-order chi connectivity index (χ0) is 18.9. The van der Waals surface area contributed by atoms with Crippen LogP contribution in [0.4, 0.5) is 0 Å². The van der Waals surface area contributed by atoms with Crippen molar-refractivity contribution in [3.8, 4) is 11.1 Å². The number of hydrogen-bond acceptors (Lipinski definition) is 0. The fourth-order valence-electron chi connectivity index (χ4n) is 4.93. The van der Waals surface area contributed by atoms with E-state index in [1.165, 1.54) is 44.5 Å². The number of benzene rings is 2. The fourth-order valence-corrected chi connectivity index (χ4v) is 19.0. The normalized spacial score (nSPS) is 19.2. The zero-order valence-electron chi connectivity index (χ0n) is 16.0. The first-order chi connectivity index (χ1) is 12.2.